The van der Waals surface area contributed by atoms with Gasteiger partial charge in [0.2, 0.25) is 5.91 Å². The smallest absolute Gasteiger partial charge is 0.310 e. The van der Waals surface area contributed by atoms with Crippen molar-refractivity contribution in [2.45, 2.75) is 51.5 Å². The largest absolute Gasteiger partial charge is 0.481 e. The molecule has 1 aliphatic heterocycles. The Morgan fingerprint density at radius 2 is 1.91 bits per heavy atom. The average molecular weight is 301 g/mol. The summed E-state index contributed by atoms with van der Waals surface area (Å²) in [5.74, 6) is -0.802. The fraction of sp³-hybridized carbons (Fsp3) is 0.556. The van der Waals surface area contributed by atoms with Gasteiger partial charge in [-0.3, -0.25) is 9.59 Å². The summed E-state index contributed by atoms with van der Waals surface area (Å²) >= 11 is 0. The lowest BCUT2D eigenvalue weighted by Crippen LogP contribution is -2.43. The van der Waals surface area contributed by atoms with E-state index in [1.165, 1.54) is 5.56 Å². The second-order valence-electron chi connectivity index (χ2n) is 6.77. The minimum absolute atomic E-state index is 0.00479. The van der Waals surface area contributed by atoms with Crippen LogP contribution in [-0.2, 0) is 9.59 Å². The first-order valence-electron chi connectivity index (χ1n) is 8.11. The summed E-state index contributed by atoms with van der Waals surface area (Å²) in [4.78, 5) is 26.0. The van der Waals surface area contributed by atoms with Gasteiger partial charge in [0.25, 0.3) is 0 Å². The third kappa shape index (κ3) is 2.62. The number of likely N-dealkylation sites (tertiary alicyclic amines) is 1. The van der Waals surface area contributed by atoms with Crippen molar-refractivity contribution in [3.8, 4) is 0 Å². The Morgan fingerprint density at radius 1 is 1.23 bits per heavy atom. The zero-order chi connectivity index (χ0) is 15.7. The van der Waals surface area contributed by atoms with Gasteiger partial charge < -0.3 is 10.0 Å². The Hall–Kier alpha value is -1.84. The second-order valence-corrected chi connectivity index (χ2v) is 6.77. The maximum Gasteiger partial charge on any atom is 0.310 e. The zero-order valence-corrected chi connectivity index (χ0v) is 13.0. The summed E-state index contributed by atoms with van der Waals surface area (Å²) in [5, 5.41) is 9.42. The molecule has 1 aliphatic carbocycles. The van der Waals surface area contributed by atoms with Gasteiger partial charge in [0, 0.05) is 13.0 Å². The highest BCUT2D eigenvalue weighted by atomic mass is 16.4. The number of carbonyl (C=O) groups is 2. The van der Waals surface area contributed by atoms with Gasteiger partial charge in [-0.15, -0.1) is 0 Å². The molecule has 4 heteroatoms. The Bertz CT molecular complexity index is 574. The summed E-state index contributed by atoms with van der Waals surface area (Å²) in [7, 11) is 0. The number of hydrogen-bond donors (Lipinski definition) is 1. The summed E-state index contributed by atoms with van der Waals surface area (Å²) in [5.41, 5.74) is 1.57. The van der Waals surface area contributed by atoms with E-state index in [-0.39, 0.29) is 18.4 Å². The molecular formula is C18H23NO3. The second kappa shape index (κ2) is 5.75. The quantitative estimate of drug-likeness (QED) is 0.928. The number of benzene rings is 1. The molecule has 1 N–H and O–H groups in total. The Kier molecular flexibility index (Phi) is 3.94. The molecule has 1 aromatic carbocycles. The molecule has 118 valence electrons. The molecule has 1 unspecified atom stereocenters. The normalized spacial score (nSPS) is 23.1. The van der Waals surface area contributed by atoms with E-state index in [4.69, 9.17) is 0 Å². The van der Waals surface area contributed by atoms with E-state index in [9.17, 15) is 14.7 Å². The lowest BCUT2D eigenvalue weighted by atomic mass is 9.66. The number of aryl methyl sites for hydroxylation is 1. The monoisotopic (exact) mass is 301 g/mol. The number of carbonyl (C=O) groups excluding carboxylic acids is 1. The number of hydrogen-bond acceptors (Lipinski definition) is 2. The Labute approximate surface area is 131 Å². The van der Waals surface area contributed by atoms with Crippen molar-refractivity contribution in [3.05, 3.63) is 35.4 Å². The molecule has 0 bridgehead atoms. The molecule has 1 amide bonds. The first-order chi connectivity index (χ1) is 10.5. The molecule has 2 aliphatic rings. The lowest BCUT2D eigenvalue weighted by Gasteiger charge is -2.38. The van der Waals surface area contributed by atoms with E-state index in [0.29, 0.717) is 12.8 Å². The third-order valence-electron chi connectivity index (χ3n) is 5.29. The minimum Gasteiger partial charge on any atom is -0.481 e. The molecule has 22 heavy (non-hydrogen) atoms. The Morgan fingerprint density at radius 3 is 2.45 bits per heavy atom. The molecule has 1 saturated carbocycles. The van der Waals surface area contributed by atoms with E-state index < -0.39 is 11.4 Å². The molecule has 4 nitrogen and oxygen atoms in total. The van der Waals surface area contributed by atoms with Crippen molar-refractivity contribution in [2.24, 2.45) is 5.41 Å². The third-order valence-corrected chi connectivity index (χ3v) is 5.29. The van der Waals surface area contributed by atoms with Crippen LogP contribution in [-0.4, -0.2) is 28.4 Å². The van der Waals surface area contributed by atoms with E-state index in [1.54, 1.807) is 0 Å². The molecule has 0 radical (unpaired) electrons. The molecule has 1 saturated heterocycles. The highest BCUT2D eigenvalue weighted by molar-refractivity contribution is 5.86. The van der Waals surface area contributed by atoms with E-state index >= 15 is 0 Å². The lowest BCUT2D eigenvalue weighted by molar-refractivity contribution is -0.159. The zero-order valence-electron chi connectivity index (χ0n) is 13.0. The number of nitrogens with zero attached hydrogens (tertiary/aromatic N) is 1. The van der Waals surface area contributed by atoms with Gasteiger partial charge in [0.15, 0.2) is 0 Å². The van der Waals surface area contributed by atoms with Crippen LogP contribution in [0.2, 0.25) is 0 Å². The summed E-state index contributed by atoms with van der Waals surface area (Å²) in [6.07, 6.45) is 4.30. The van der Waals surface area contributed by atoms with Gasteiger partial charge >= 0.3 is 5.97 Å². The first kappa shape index (κ1) is 15.1. The average Bonchev–Trinajstić information content (AvgIpc) is 2.92. The van der Waals surface area contributed by atoms with Crippen LogP contribution in [0.5, 0.6) is 0 Å². The van der Waals surface area contributed by atoms with Gasteiger partial charge in [0.05, 0.1) is 11.5 Å². The van der Waals surface area contributed by atoms with Gasteiger partial charge in [-0.05, 0) is 38.2 Å². The van der Waals surface area contributed by atoms with Gasteiger partial charge in [0.1, 0.15) is 0 Å². The minimum atomic E-state index is -0.807. The van der Waals surface area contributed by atoms with Crippen LogP contribution in [0.25, 0.3) is 0 Å². The Balaban J connectivity index is 1.74. The molecule has 1 aromatic rings. The molecule has 3 rings (SSSR count). The van der Waals surface area contributed by atoms with Crippen LogP contribution in [0, 0.1) is 12.3 Å². The number of amides is 1. The van der Waals surface area contributed by atoms with Crippen LogP contribution in [0.1, 0.15) is 55.7 Å². The van der Waals surface area contributed by atoms with Crippen LogP contribution < -0.4 is 0 Å². The van der Waals surface area contributed by atoms with Crippen molar-refractivity contribution >= 4 is 11.9 Å². The van der Waals surface area contributed by atoms with E-state index in [2.05, 4.69) is 31.2 Å². The molecule has 0 spiro atoms. The standard InChI is InChI=1S/C18H23NO3/c1-13-5-7-14(8-6-13)15-4-2-11-19(15)16(20)12-18(17(21)22)9-3-10-18/h5-8,15H,2-4,9-12H2,1H3,(H,21,22). The van der Waals surface area contributed by atoms with Crippen LogP contribution in [0.3, 0.4) is 0 Å². The summed E-state index contributed by atoms with van der Waals surface area (Å²) in [6.45, 7) is 2.79. The number of carboxylic acid groups (broad SMARTS) is 1. The maximum absolute atomic E-state index is 12.7. The summed E-state index contributed by atoms with van der Waals surface area (Å²) < 4.78 is 0. The maximum atomic E-state index is 12.7. The SMILES string of the molecule is Cc1ccc(C2CCCN2C(=O)CC2(C(=O)O)CCC2)cc1. The van der Waals surface area contributed by atoms with E-state index in [1.807, 2.05) is 4.90 Å². The molecule has 1 atom stereocenters. The van der Waals surface area contributed by atoms with Crippen LogP contribution in [0.4, 0.5) is 0 Å². The predicted molar refractivity (Wildman–Crippen MR) is 83.4 cm³/mol. The van der Waals surface area contributed by atoms with Gasteiger partial charge in [-0.25, -0.2) is 0 Å². The number of carboxylic acids is 1. The van der Waals surface area contributed by atoms with Gasteiger partial charge in [-0.2, -0.15) is 0 Å². The predicted octanol–water partition coefficient (Wildman–Crippen LogP) is 3.30. The molecule has 2 fully saturated rings. The van der Waals surface area contributed by atoms with Crippen molar-refractivity contribution in [1.82, 2.24) is 4.90 Å². The highest BCUT2D eigenvalue weighted by Crippen LogP contribution is 2.45. The van der Waals surface area contributed by atoms with Crippen LogP contribution >= 0.6 is 0 Å². The number of rotatable bonds is 4. The highest BCUT2D eigenvalue weighted by Gasteiger charge is 2.47. The number of aliphatic carboxylic acids is 1. The van der Waals surface area contributed by atoms with E-state index in [0.717, 1.165) is 31.4 Å². The van der Waals surface area contributed by atoms with Crippen molar-refractivity contribution in [2.75, 3.05) is 6.54 Å². The molecular weight excluding hydrogens is 278 g/mol. The van der Waals surface area contributed by atoms with Crippen molar-refractivity contribution in [1.29, 1.82) is 0 Å². The van der Waals surface area contributed by atoms with Gasteiger partial charge in [-0.1, -0.05) is 36.2 Å². The fourth-order valence-electron chi connectivity index (χ4n) is 3.66. The summed E-state index contributed by atoms with van der Waals surface area (Å²) in [6, 6.07) is 8.42. The van der Waals surface area contributed by atoms with Crippen LogP contribution in [0.15, 0.2) is 24.3 Å². The molecule has 1 heterocycles. The van der Waals surface area contributed by atoms with Crippen molar-refractivity contribution in [3.63, 3.8) is 0 Å². The topological polar surface area (TPSA) is 57.6 Å². The fourth-order valence-corrected chi connectivity index (χ4v) is 3.66. The van der Waals surface area contributed by atoms with Crippen molar-refractivity contribution < 1.29 is 14.7 Å². The first-order valence-corrected chi connectivity index (χ1v) is 8.11. The molecule has 0 aromatic heterocycles.